The van der Waals surface area contributed by atoms with Gasteiger partial charge in [-0.1, -0.05) is 12.1 Å². The minimum atomic E-state index is -0.637. The van der Waals surface area contributed by atoms with Crippen molar-refractivity contribution in [1.82, 2.24) is 9.47 Å². The van der Waals surface area contributed by atoms with Crippen LogP contribution in [0.2, 0.25) is 0 Å². The SMILES string of the molecule is CC(=O)c1cc(C(=O)OCC(=O)N(C)Cc2ccc(N(C)C)cc2)n(C)c1. The number of aromatic nitrogens is 1. The normalized spacial score (nSPS) is 10.4. The topological polar surface area (TPSA) is 71.8 Å². The van der Waals surface area contributed by atoms with Crippen LogP contribution in [0, 0.1) is 0 Å². The van der Waals surface area contributed by atoms with Gasteiger partial charge in [-0.3, -0.25) is 9.59 Å². The van der Waals surface area contributed by atoms with Gasteiger partial charge in [0.25, 0.3) is 5.91 Å². The summed E-state index contributed by atoms with van der Waals surface area (Å²) in [5.74, 6) is -1.08. The van der Waals surface area contributed by atoms with E-state index < -0.39 is 5.97 Å². The van der Waals surface area contributed by atoms with E-state index in [1.54, 1.807) is 20.3 Å². The zero-order valence-corrected chi connectivity index (χ0v) is 16.4. The molecule has 1 aromatic heterocycles. The Balaban J connectivity index is 1.90. The Bertz CT molecular complexity index is 837. The molecule has 2 aromatic rings. The maximum absolute atomic E-state index is 12.2. The number of ketones is 1. The van der Waals surface area contributed by atoms with Crippen molar-refractivity contribution in [1.29, 1.82) is 0 Å². The molecule has 1 amide bonds. The average Bonchev–Trinajstić information content (AvgIpc) is 3.02. The van der Waals surface area contributed by atoms with Crippen LogP contribution in [0.4, 0.5) is 5.69 Å². The van der Waals surface area contributed by atoms with E-state index in [0.29, 0.717) is 12.1 Å². The molecule has 7 heteroatoms. The van der Waals surface area contributed by atoms with Gasteiger partial charge in [-0.2, -0.15) is 0 Å². The largest absolute Gasteiger partial charge is 0.451 e. The van der Waals surface area contributed by atoms with Crippen molar-refractivity contribution in [3.63, 3.8) is 0 Å². The minimum absolute atomic E-state index is 0.138. The molecule has 0 saturated heterocycles. The highest BCUT2D eigenvalue weighted by Gasteiger charge is 2.18. The summed E-state index contributed by atoms with van der Waals surface area (Å²) in [4.78, 5) is 39.3. The first-order chi connectivity index (χ1) is 12.7. The molecule has 0 saturated carbocycles. The molecule has 0 aliphatic heterocycles. The number of likely N-dealkylation sites (N-methyl/N-ethyl adjacent to an activating group) is 1. The molecule has 0 spiro atoms. The average molecular weight is 371 g/mol. The van der Waals surface area contributed by atoms with Crippen LogP contribution >= 0.6 is 0 Å². The summed E-state index contributed by atoms with van der Waals surface area (Å²) in [7, 11) is 7.23. The quantitative estimate of drug-likeness (QED) is 0.551. The molecule has 0 bridgehead atoms. The standard InChI is InChI=1S/C20H25N3O4/c1-14(24)16-10-18(22(4)12-16)20(26)27-13-19(25)23(5)11-15-6-8-17(9-7-15)21(2)3/h6-10,12H,11,13H2,1-5H3. The predicted molar refractivity (Wildman–Crippen MR) is 103 cm³/mol. The summed E-state index contributed by atoms with van der Waals surface area (Å²) in [6.45, 7) is 1.49. The molecule has 0 aliphatic carbocycles. The summed E-state index contributed by atoms with van der Waals surface area (Å²) < 4.78 is 6.62. The summed E-state index contributed by atoms with van der Waals surface area (Å²) in [6.07, 6.45) is 1.56. The third kappa shape index (κ3) is 5.20. The number of aryl methyl sites for hydroxylation is 1. The lowest BCUT2D eigenvalue weighted by Crippen LogP contribution is -2.31. The van der Waals surface area contributed by atoms with Gasteiger partial charge < -0.3 is 19.1 Å². The van der Waals surface area contributed by atoms with Crippen molar-refractivity contribution in [2.45, 2.75) is 13.5 Å². The molecule has 27 heavy (non-hydrogen) atoms. The van der Waals surface area contributed by atoms with Gasteiger partial charge in [0.05, 0.1) is 0 Å². The van der Waals surface area contributed by atoms with E-state index in [4.69, 9.17) is 4.74 Å². The van der Waals surface area contributed by atoms with Gasteiger partial charge in [0.1, 0.15) is 5.69 Å². The summed E-state index contributed by atoms with van der Waals surface area (Å²) in [5, 5.41) is 0. The van der Waals surface area contributed by atoms with Gasteiger partial charge in [-0.15, -0.1) is 0 Å². The van der Waals surface area contributed by atoms with Crippen LogP contribution in [-0.4, -0.2) is 54.9 Å². The lowest BCUT2D eigenvalue weighted by Gasteiger charge is -2.18. The van der Waals surface area contributed by atoms with Crippen molar-refractivity contribution >= 4 is 23.3 Å². The Hall–Kier alpha value is -3.09. The van der Waals surface area contributed by atoms with Crippen LogP contribution in [0.25, 0.3) is 0 Å². The number of Topliss-reactive ketones (excluding diaryl/α,β-unsaturated/α-hetero) is 1. The van der Waals surface area contributed by atoms with E-state index >= 15 is 0 Å². The molecule has 2 rings (SSSR count). The fraction of sp³-hybridized carbons (Fsp3) is 0.350. The van der Waals surface area contributed by atoms with Gasteiger partial charge in [-0.25, -0.2) is 4.79 Å². The predicted octanol–water partition coefficient (Wildman–Crippen LogP) is 2.11. The molecular weight excluding hydrogens is 346 g/mol. The van der Waals surface area contributed by atoms with Crippen molar-refractivity contribution in [3.8, 4) is 0 Å². The van der Waals surface area contributed by atoms with Gasteiger partial charge in [0, 0.05) is 52.2 Å². The first-order valence-electron chi connectivity index (χ1n) is 8.53. The zero-order chi connectivity index (χ0) is 20.1. The number of benzene rings is 1. The fourth-order valence-corrected chi connectivity index (χ4v) is 2.53. The third-order valence-electron chi connectivity index (χ3n) is 4.25. The Morgan fingerprint density at radius 2 is 1.70 bits per heavy atom. The number of ether oxygens (including phenoxy) is 1. The van der Waals surface area contributed by atoms with Gasteiger partial charge in [0.15, 0.2) is 12.4 Å². The van der Waals surface area contributed by atoms with Crippen molar-refractivity contribution in [2.75, 3.05) is 32.6 Å². The Morgan fingerprint density at radius 3 is 2.22 bits per heavy atom. The minimum Gasteiger partial charge on any atom is -0.451 e. The second kappa shape index (κ2) is 8.53. The molecule has 1 aromatic carbocycles. The van der Waals surface area contributed by atoms with E-state index in [0.717, 1.165) is 11.3 Å². The molecule has 0 unspecified atom stereocenters. The first-order valence-corrected chi connectivity index (χ1v) is 8.53. The Labute approximate surface area is 159 Å². The number of hydrogen-bond acceptors (Lipinski definition) is 5. The summed E-state index contributed by atoms with van der Waals surface area (Å²) in [5.41, 5.74) is 2.72. The summed E-state index contributed by atoms with van der Waals surface area (Å²) in [6, 6.07) is 9.34. The van der Waals surface area contributed by atoms with Crippen molar-refractivity contribution in [3.05, 3.63) is 53.3 Å². The number of esters is 1. The van der Waals surface area contributed by atoms with Crippen molar-refractivity contribution in [2.24, 2.45) is 7.05 Å². The molecule has 0 N–H and O–H groups in total. The van der Waals surface area contributed by atoms with Gasteiger partial charge in [-0.05, 0) is 30.7 Å². The van der Waals surface area contributed by atoms with Crippen LogP contribution in [-0.2, 0) is 23.1 Å². The molecule has 0 fully saturated rings. The number of rotatable bonds is 7. The van der Waals surface area contributed by atoms with Crippen LogP contribution in [0.1, 0.15) is 33.3 Å². The molecule has 0 atom stereocenters. The smallest absolute Gasteiger partial charge is 0.355 e. The summed E-state index contributed by atoms with van der Waals surface area (Å²) >= 11 is 0. The van der Waals surface area contributed by atoms with E-state index in [2.05, 4.69) is 0 Å². The highest BCUT2D eigenvalue weighted by molar-refractivity contribution is 5.98. The first kappa shape index (κ1) is 20.2. The molecule has 144 valence electrons. The number of anilines is 1. The fourth-order valence-electron chi connectivity index (χ4n) is 2.53. The second-order valence-corrected chi connectivity index (χ2v) is 6.67. The number of hydrogen-bond donors (Lipinski definition) is 0. The number of amides is 1. The molecule has 0 aliphatic rings. The van der Waals surface area contributed by atoms with Gasteiger partial charge >= 0.3 is 5.97 Å². The van der Waals surface area contributed by atoms with E-state index in [-0.39, 0.29) is 24.0 Å². The van der Waals surface area contributed by atoms with Crippen LogP contribution in [0.5, 0.6) is 0 Å². The Morgan fingerprint density at radius 1 is 1.07 bits per heavy atom. The lowest BCUT2D eigenvalue weighted by molar-refractivity contribution is -0.133. The molecule has 7 nitrogen and oxygen atoms in total. The number of carbonyl (C=O) groups is 3. The van der Waals surface area contributed by atoms with E-state index in [9.17, 15) is 14.4 Å². The van der Waals surface area contributed by atoms with Crippen molar-refractivity contribution < 1.29 is 19.1 Å². The lowest BCUT2D eigenvalue weighted by atomic mass is 10.2. The van der Waals surface area contributed by atoms with Crippen LogP contribution in [0.15, 0.2) is 36.5 Å². The van der Waals surface area contributed by atoms with Gasteiger partial charge in [0.2, 0.25) is 0 Å². The second-order valence-electron chi connectivity index (χ2n) is 6.67. The molecule has 0 radical (unpaired) electrons. The maximum atomic E-state index is 12.2. The van der Waals surface area contributed by atoms with Crippen LogP contribution < -0.4 is 4.90 Å². The van der Waals surface area contributed by atoms with Crippen LogP contribution in [0.3, 0.4) is 0 Å². The zero-order valence-electron chi connectivity index (χ0n) is 16.4. The van der Waals surface area contributed by atoms with E-state index in [1.165, 1.54) is 22.5 Å². The number of nitrogens with zero attached hydrogens (tertiary/aromatic N) is 3. The number of carbonyl (C=O) groups excluding carboxylic acids is 3. The van der Waals surface area contributed by atoms with E-state index in [1.807, 2.05) is 43.3 Å². The highest BCUT2D eigenvalue weighted by Crippen LogP contribution is 2.14. The highest BCUT2D eigenvalue weighted by atomic mass is 16.5. The molecular formula is C20H25N3O4. The Kier molecular flexibility index (Phi) is 6.39. The molecule has 1 heterocycles. The monoisotopic (exact) mass is 371 g/mol. The maximum Gasteiger partial charge on any atom is 0.355 e. The third-order valence-corrected chi connectivity index (χ3v) is 4.25.